The second kappa shape index (κ2) is 8.03. The molecule has 10 nitrogen and oxygen atoms in total. The van der Waals surface area contributed by atoms with Crippen LogP contribution in [0.1, 0.15) is 19.4 Å². The molecule has 0 fully saturated rings. The van der Waals surface area contributed by atoms with E-state index in [-0.39, 0.29) is 27.2 Å². The molecule has 1 heterocycles. The monoisotopic (exact) mass is 474 g/mol. The number of nitro groups is 2. The van der Waals surface area contributed by atoms with Crippen LogP contribution in [0.5, 0.6) is 5.75 Å². The Bertz CT molecular complexity index is 1300. The number of benzene rings is 2. The molecular weight excluding hydrogens is 460 g/mol. The van der Waals surface area contributed by atoms with Crippen LogP contribution in [0, 0.1) is 20.2 Å². The Balaban J connectivity index is 2.32. The van der Waals surface area contributed by atoms with E-state index >= 15 is 0 Å². The summed E-state index contributed by atoms with van der Waals surface area (Å²) in [6.07, 6.45) is 0. The van der Waals surface area contributed by atoms with Gasteiger partial charge < -0.3 is 9.67 Å². The molecule has 154 valence electrons. The van der Waals surface area contributed by atoms with E-state index < -0.39 is 26.8 Å². The Morgan fingerprint density at radius 1 is 1.20 bits per heavy atom. The number of hydrogen-bond donors (Lipinski definition) is 1. The Hall–Kier alpha value is -3.60. The number of aromatic hydroxyl groups is 1. The Morgan fingerprint density at radius 2 is 1.87 bits per heavy atom. The number of aromatic nitrogens is 1. The standard InChI is InChI=1S/C19H15BrN4O6/c1-3-22-14-7-5-4-6-12(14)18(25)16(19(22)26)10(2)21-17-13(20)8-11(23(27)28)9-15(17)24(29)30/h4-9,25H,3H2,1-2H3. The van der Waals surface area contributed by atoms with Gasteiger partial charge in [-0.15, -0.1) is 0 Å². The van der Waals surface area contributed by atoms with Gasteiger partial charge in [0.1, 0.15) is 11.3 Å². The van der Waals surface area contributed by atoms with Gasteiger partial charge in [0.2, 0.25) is 0 Å². The molecule has 1 aromatic heterocycles. The second-order valence-corrected chi connectivity index (χ2v) is 7.15. The van der Waals surface area contributed by atoms with Crippen LogP contribution >= 0.6 is 15.9 Å². The van der Waals surface area contributed by atoms with Crippen molar-refractivity contribution < 1.29 is 15.0 Å². The lowest BCUT2D eigenvalue weighted by molar-refractivity contribution is -0.393. The van der Waals surface area contributed by atoms with Gasteiger partial charge in [0.15, 0.2) is 5.69 Å². The number of nitro benzene ring substituents is 2. The van der Waals surface area contributed by atoms with Crippen LogP contribution < -0.4 is 5.56 Å². The van der Waals surface area contributed by atoms with E-state index in [1.807, 2.05) is 0 Å². The quantitative estimate of drug-likeness (QED) is 0.329. The molecule has 0 saturated carbocycles. The van der Waals surface area contributed by atoms with E-state index in [0.717, 1.165) is 12.1 Å². The number of nitrogens with zero attached hydrogens (tertiary/aromatic N) is 4. The maximum atomic E-state index is 13.0. The van der Waals surface area contributed by atoms with Crippen LogP contribution in [-0.2, 0) is 6.54 Å². The molecule has 0 aliphatic rings. The van der Waals surface area contributed by atoms with Gasteiger partial charge in [-0.05, 0) is 41.9 Å². The number of aliphatic imine (C=N–C) groups is 1. The van der Waals surface area contributed by atoms with E-state index in [0.29, 0.717) is 17.4 Å². The van der Waals surface area contributed by atoms with Gasteiger partial charge in [-0.2, -0.15) is 0 Å². The number of aryl methyl sites for hydroxylation is 1. The predicted molar refractivity (Wildman–Crippen MR) is 115 cm³/mol. The average molecular weight is 475 g/mol. The highest BCUT2D eigenvalue weighted by atomic mass is 79.9. The lowest BCUT2D eigenvalue weighted by Gasteiger charge is -2.13. The smallest absolute Gasteiger partial charge is 0.302 e. The fraction of sp³-hybridized carbons (Fsp3) is 0.158. The number of hydrogen-bond acceptors (Lipinski definition) is 7. The highest BCUT2D eigenvalue weighted by Crippen LogP contribution is 2.39. The highest BCUT2D eigenvalue weighted by Gasteiger charge is 2.25. The summed E-state index contributed by atoms with van der Waals surface area (Å²) in [4.78, 5) is 38.1. The molecule has 0 aliphatic carbocycles. The third kappa shape index (κ3) is 3.54. The summed E-state index contributed by atoms with van der Waals surface area (Å²) < 4.78 is 1.47. The fourth-order valence-electron chi connectivity index (χ4n) is 3.18. The maximum Gasteiger partial charge on any atom is 0.302 e. The van der Waals surface area contributed by atoms with Crippen molar-refractivity contribution in [3.05, 3.63) is 77.0 Å². The minimum Gasteiger partial charge on any atom is -0.506 e. The molecule has 1 N–H and O–H groups in total. The minimum atomic E-state index is -0.797. The third-order valence-corrected chi connectivity index (χ3v) is 5.14. The lowest BCUT2D eigenvalue weighted by atomic mass is 10.1. The van der Waals surface area contributed by atoms with Gasteiger partial charge in [0.05, 0.1) is 31.6 Å². The molecule has 0 atom stereocenters. The van der Waals surface area contributed by atoms with Crippen LogP contribution in [0.25, 0.3) is 10.9 Å². The summed E-state index contributed by atoms with van der Waals surface area (Å²) in [6.45, 7) is 3.54. The third-order valence-electron chi connectivity index (χ3n) is 4.54. The van der Waals surface area contributed by atoms with Crippen LogP contribution in [0.15, 0.2) is 50.7 Å². The first-order valence-corrected chi connectivity index (χ1v) is 9.49. The number of fused-ring (bicyclic) bond motifs is 1. The topological polar surface area (TPSA) is 141 Å². The van der Waals surface area contributed by atoms with E-state index in [4.69, 9.17) is 0 Å². The van der Waals surface area contributed by atoms with E-state index in [9.17, 15) is 30.1 Å². The first-order chi connectivity index (χ1) is 14.2. The van der Waals surface area contributed by atoms with Crippen molar-refractivity contribution in [3.8, 4) is 5.75 Å². The van der Waals surface area contributed by atoms with Gasteiger partial charge in [-0.1, -0.05) is 12.1 Å². The summed E-state index contributed by atoms with van der Waals surface area (Å²) in [6, 6.07) is 8.68. The minimum absolute atomic E-state index is 0.0128. The number of para-hydroxylation sites is 1. The lowest BCUT2D eigenvalue weighted by Crippen LogP contribution is -2.26. The molecule has 0 spiro atoms. The van der Waals surface area contributed by atoms with Crippen molar-refractivity contribution in [2.45, 2.75) is 20.4 Å². The number of pyridine rings is 1. The van der Waals surface area contributed by atoms with Crippen molar-refractivity contribution in [3.63, 3.8) is 0 Å². The molecule has 0 radical (unpaired) electrons. The summed E-state index contributed by atoms with van der Waals surface area (Å²) in [5.41, 5.74) is -1.31. The van der Waals surface area contributed by atoms with Gasteiger partial charge in [0, 0.05) is 18.0 Å². The van der Waals surface area contributed by atoms with E-state index in [1.165, 1.54) is 11.5 Å². The molecule has 3 aromatic rings. The van der Waals surface area contributed by atoms with Crippen LogP contribution in [-0.4, -0.2) is 25.2 Å². The van der Waals surface area contributed by atoms with Crippen LogP contribution in [0.4, 0.5) is 17.1 Å². The predicted octanol–water partition coefficient (Wildman–Crippen LogP) is 4.45. The Kier molecular flexibility index (Phi) is 5.65. The zero-order valence-corrected chi connectivity index (χ0v) is 17.4. The zero-order chi connectivity index (χ0) is 22.2. The van der Waals surface area contributed by atoms with Gasteiger partial charge in [-0.25, -0.2) is 4.99 Å². The molecule has 0 aliphatic heterocycles. The van der Waals surface area contributed by atoms with Crippen molar-refractivity contribution in [2.24, 2.45) is 4.99 Å². The molecule has 11 heteroatoms. The summed E-state index contributed by atoms with van der Waals surface area (Å²) in [5, 5.41) is 33.6. The van der Waals surface area contributed by atoms with Crippen LogP contribution in [0.2, 0.25) is 0 Å². The number of non-ortho nitro benzene ring substituents is 1. The maximum absolute atomic E-state index is 13.0. The van der Waals surface area contributed by atoms with Gasteiger partial charge >= 0.3 is 5.69 Å². The van der Waals surface area contributed by atoms with Crippen LogP contribution in [0.3, 0.4) is 0 Å². The van der Waals surface area contributed by atoms with E-state index in [1.54, 1.807) is 31.2 Å². The number of halogens is 1. The van der Waals surface area contributed by atoms with Gasteiger partial charge in [-0.3, -0.25) is 25.0 Å². The Morgan fingerprint density at radius 3 is 2.47 bits per heavy atom. The summed E-state index contributed by atoms with van der Waals surface area (Å²) in [5.74, 6) is -0.290. The van der Waals surface area contributed by atoms with Crippen molar-refractivity contribution in [2.75, 3.05) is 0 Å². The zero-order valence-electron chi connectivity index (χ0n) is 15.8. The molecule has 0 amide bonds. The van der Waals surface area contributed by atoms with Crippen molar-refractivity contribution in [1.29, 1.82) is 0 Å². The molecule has 0 saturated heterocycles. The Labute approximate surface area is 177 Å². The normalized spacial score (nSPS) is 11.6. The molecule has 2 aromatic carbocycles. The molecule has 0 bridgehead atoms. The SMILES string of the molecule is CCn1c(=O)c(C(C)=Nc2c(Br)cc([N+](=O)[O-])cc2[N+](=O)[O-])c(O)c2ccccc21. The average Bonchev–Trinajstić information content (AvgIpc) is 2.69. The molecule has 3 rings (SSSR count). The number of rotatable bonds is 5. The molecule has 30 heavy (non-hydrogen) atoms. The van der Waals surface area contributed by atoms with E-state index in [2.05, 4.69) is 20.9 Å². The van der Waals surface area contributed by atoms with Crippen molar-refractivity contribution in [1.82, 2.24) is 4.57 Å². The summed E-state index contributed by atoms with van der Waals surface area (Å²) in [7, 11) is 0. The van der Waals surface area contributed by atoms with Gasteiger partial charge in [0.25, 0.3) is 11.2 Å². The fourth-order valence-corrected chi connectivity index (χ4v) is 3.71. The highest BCUT2D eigenvalue weighted by molar-refractivity contribution is 9.10. The molecule has 0 unspecified atom stereocenters. The first kappa shape index (κ1) is 21.1. The molecular formula is C19H15BrN4O6. The first-order valence-electron chi connectivity index (χ1n) is 8.69. The largest absolute Gasteiger partial charge is 0.506 e. The summed E-state index contributed by atoms with van der Waals surface area (Å²) >= 11 is 3.08. The second-order valence-electron chi connectivity index (χ2n) is 6.30. The van der Waals surface area contributed by atoms with Crippen molar-refractivity contribution >= 4 is 49.6 Å².